The second-order valence-corrected chi connectivity index (χ2v) is 8.03. The third kappa shape index (κ3) is 5.30. The van der Waals surface area contributed by atoms with Crippen LogP contribution in [-0.4, -0.2) is 33.4 Å². The summed E-state index contributed by atoms with van der Waals surface area (Å²) in [4.78, 5) is 0. The fourth-order valence-electron chi connectivity index (χ4n) is 4.57. The summed E-state index contributed by atoms with van der Waals surface area (Å²) in [5.74, 6) is 1.51. The van der Waals surface area contributed by atoms with Gasteiger partial charge in [-0.3, -0.25) is 0 Å². The van der Waals surface area contributed by atoms with Gasteiger partial charge in [-0.25, -0.2) is 0 Å². The van der Waals surface area contributed by atoms with Crippen LogP contribution in [0.4, 0.5) is 11.4 Å². The van der Waals surface area contributed by atoms with E-state index in [1.807, 2.05) is 44.2 Å². The predicted molar refractivity (Wildman–Crippen MR) is 147 cm³/mol. The highest BCUT2D eigenvalue weighted by Crippen LogP contribution is 2.49. The standard InChI is InChI=1S/C30H38N2O3/c1-7-22-14-12-13-15-25(22)30(33-6,26-18-16-23(31-8-2)20-28(26)34-10-4)27-19-17-24(32-9-3)21-29(27)35-11-5/h7,12-21,31-32H,1,8-11H2,2-6H3. The molecule has 0 aliphatic carbocycles. The minimum Gasteiger partial charge on any atom is -0.493 e. The molecule has 0 spiro atoms. The second kappa shape index (κ2) is 12.3. The van der Waals surface area contributed by atoms with E-state index in [0.29, 0.717) is 13.2 Å². The first-order valence-corrected chi connectivity index (χ1v) is 12.4. The van der Waals surface area contributed by atoms with E-state index < -0.39 is 5.60 Å². The van der Waals surface area contributed by atoms with Gasteiger partial charge in [0.2, 0.25) is 0 Å². The number of benzene rings is 3. The lowest BCUT2D eigenvalue weighted by molar-refractivity contribution is 0.0531. The molecule has 186 valence electrons. The number of hydrogen-bond acceptors (Lipinski definition) is 5. The van der Waals surface area contributed by atoms with Crippen LogP contribution < -0.4 is 20.1 Å². The Morgan fingerprint density at radius 1 is 0.743 bits per heavy atom. The average molecular weight is 475 g/mol. The van der Waals surface area contributed by atoms with Crippen molar-refractivity contribution < 1.29 is 14.2 Å². The number of anilines is 2. The zero-order valence-corrected chi connectivity index (χ0v) is 21.6. The smallest absolute Gasteiger partial charge is 0.151 e. The molecule has 35 heavy (non-hydrogen) atoms. The summed E-state index contributed by atoms with van der Waals surface area (Å²) < 4.78 is 19.0. The van der Waals surface area contributed by atoms with Crippen molar-refractivity contribution in [2.24, 2.45) is 0 Å². The third-order valence-corrected chi connectivity index (χ3v) is 5.95. The first-order chi connectivity index (χ1) is 17.1. The molecular formula is C30H38N2O3. The van der Waals surface area contributed by atoms with Crippen LogP contribution in [0.1, 0.15) is 49.9 Å². The lowest BCUT2D eigenvalue weighted by atomic mass is 9.77. The van der Waals surface area contributed by atoms with E-state index in [1.165, 1.54) is 0 Å². The third-order valence-electron chi connectivity index (χ3n) is 5.95. The molecule has 0 saturated heterocycles. The molecule has 0 aliphatic rings. The first kappa shape index (κ1) is 26.2. The van der Waals surface area contributed by atoms with E-state index in [4.69, 9.17) is 14.2 Å². The fraction of sp³-hybridized carbons (Fsp3) is 0.333. The highest BCUT2D eigenvalue weighted by Gasteiger charge is 2.42. The van der Waals surface area contributed by atoms with Gasteiger partial charge in [-0.15, -0.1) is 0 Å². The van der Waals surface area contributed by atoms with Gasteiger partial charge in [0.15, 0.2) is 5.60 Å². The summed E-state index contributed by atoms with van der Waals surface area (Å²) in [5.41, 5.74) is 4.72. The minimum atomic E-state index is -1.00. The van der Waals surface area contributed by atoms with E-state index in [2.05, 4.69) is 67.5 Å². The van der Waals surface area contributed by atoms with E-state index in [1.54, 1.807) is 7.11 Å². The van der Waals surface area contributed by atoms with Crippen molar-refractivity contribution in [2.75, 3.05) is 44.0 Å². The zero-order valence-electron chi connectivity index (χ0n) is 21.6. The van der Waals surface area contributed by atoms with Gasteiger partial charge in [-0.1, -0.05) is 36.9 Å². The Bertz CT molecular complexity index is 1070. The maximum absolute atomic E-state index is 6.56. The van der Waals surface area contributed by atoms with Gasteiger partial charge in [-0.2, -0.15) is 0 Å². The van der Waals surface area contributed by atoms with Gasteiger partial charge in [0.05, 0.1) is 13.2 Å². The van der Waals surface area contributed by atoms with Crippen LogP contribution in [0.25, 0.3) is 6.08 Å². The summed E-state index contributed by atoms with van der Waals surface area (Å²) in [6.45, 7) is 14.9. The number of nitrogens with one attached hydrogen (secondary N) is 2. The van der Waals surface area contributed by atoms with Crippen LogP contribution in [0, 0.1) is 0 Å². The lowest BCUT2D eigenvalue weighted by Gasteiger charge is -2.37. The Morgan fingerprint density at radius 3 is 1.69 bits per heavy atom. The van der Waals surface area contributed by atoms with Crippen LogP contribution in [-0.2, 0) is 10.3 Å². The monoisotopic (exact) mass is 474 g/mol. The summed E-state index contributed by atoms with van der Waals surface area (Å²) >= 11 is 0. The minimum absolute atomic E-state index is 0.531. The van der Waals surface area contributed by atoms with E-state index in [-0.39, 0.29) is 0 Å². The van der Waals surface area contributed by atoms with E-state index in [0.717, 1.165) is 58.2 Å². The van der Waals surface area contributed by atoms with Crippen molar-refractivity contribution in [3.05, 3.63) is 89.5 Å². The van der Waals surface area contributed by atoms with Crippen LogP contribution in [0.2, 0.25) is 0 Å². The van der Waals surface area contributed by atoms with Crippen molar-refractivity contribution in [1.29, 1.82) is 0 Å². The second-order valence-electron chi connectivity index (χ2n) is 8.03. The van der Waals surface area contributed by atoms with Crippen molar-refractivity contribution in [2.45, 2.75) is 33.3 Å². The quantitative estimate of drug-likeness (QED) is 0.263. The van der Waals surface area contributed by atoms with E-state index >= 15 is 0 Å². The molecule has 5 heteroatoms. The Hall–Kier alpha value is -3.44. The van der Waals surface area contributed by atoms with Crippen LogP contribution in [0.5, 0.6) is 11.5 Å². The van der Waals surface area contributed by atoms with Crippen molar-refractivity contribution in [1.82, 2.24) is 0 Å². The molecule has 0 bridgehead atoms. The molecule has 2 N–H and O–H groups in total. The van der Waals surface area contributed by atoms with E-state index in [9.17, 15) is 0 Å². The Kier molecular flexibility index (Phi) is 9.21. The molecule has 0 saturated carbocycles. The summed E-state index contributed by atoms with van der Waals surface area (Å²) in [5, 5.41) is 6.78. The van der Waals surface area contributed by atoms with Crippen molar-refractivity contribution in [3.8, 4) is 11.5 Å². The Morgan fingerprint density at radius 2 is 1.26 bits per heavy atom. The number of ether oxygens (including phenoxy) is 3. The maximum atomic E-state index is 6.56. The fourth-order valence-corrected chi connectivity index (χ4v) is 4.57. The van der Waals surface area contributed by atoms with Crippen LogP contribution in [0.3, 0.4) is 0 Å². The van der Waals surface area contributed by atoms with Crippen molar-refractivity contribution >= 4 is 17.5 Å². The Balaban J connectivity index is 2.43. The molecule has 0 fully saturated rings. The molecule has 0 unspecified atom stereocenters. The topological polar surface area (TPSA) is 51.8 Å². The summed E-state index contributed by atoms with van der Waals surface area (Å²) in [6, 6.07) is 20.6. The molecule has 0 heterocycles. The lowest BCUT2D eigenvalue weighted by Crippen LogP contribution is -2.34. The molecule has 0 aliphatic heterocycles. The summed E-state index contributed by atoms with van der Waals surface area (Å²) in [7, 11) is 1.74. The number of rotatable bonds is 13. The van der Waals surface area contributed by atoms with Gasteiger partial charge in [-0.05, 0) is 57.5 Å². The zero-order chi connectivity index (χ0) is 25.3. The normalized spacial score (nSPS) is 11.1. The molecular weight excluding hydrogens is 436 g/mol. The number of methoxy groups -OCH3 is 1. The van der Waals surface area contributed by atoms with Crippen molar-refractivity contribution in [3.63, 3.8) is 0 Å². The number of hydrogen-bond donors (Lipinski definition) is 2. The maximum Gasteiger partial charge on any atom is 0.151 e. The van der Waals surface area contributed by atoms with Gasteiger partial charge >= 0.3 is 0 Å². The molecule has 3 aromatic carbocycles. The van der Waals surface area contributed by atoms with Gasteiger partial charge in [0.1, 0.15) is 11.5 Å². The Labute approximate surface area is 210 Å². The van der Waals surface area contributed by atoms with Crippen LogP contribution >= 0.6 is 0 Å². The predicted octanol–water partition coefficient (Wildman–Crippen LogP) is 6.93. The summed E-state index contributed by atoms with van der Waals surface area (Å²) in [6.07, 6.45) is 1.86. The molecule has 0 atom stereocenters. The molecule has 5 nitrogen and oxygen atoms in total. The highest BCUT2D eigenvalue weighted by molar-refractivity contribution is 5.67. The molecule has 0 aromatic heterocycles. The van der Waals surface area contributed by atoms with Gasteiger partial charge < -0.3 is 24.8 Å². The molecule has 0 radical (unpaired) electrons. The largest absolute Gasteiger partial charge is 0.493 e. The SMILES string of the molecule is C=Cc1ccccc1C(OC)(c1ccc(NCC)cc1OCC)c1ccc(NCC)cc1OCC. The van der Waals surface area contributed by atoms with Gasteiger partial charge in [0.25, 0.3) is 0 Å². The first-order valence-electron chi connectivity index (χ1n) is 12.4. The van der Waals surface area contributed by atoms with Crippen LogP contribution in [0.15, 0.2) is 67.2 Å². The van der Waals surface area contributed by atoms with Gasteiger partial charge in [0, 0.05) is 60.4 Å². The molecule has 3 aromatic rings. The average Bonchev–Trinajstić information content (AvgIpc) is 2.88. The molecule has 3 rings (SSSR count). The highest BCUT2D eigenvalue weighted by atomic mass is 16.5. The molecule has 0 amide bonds.